The topological polar surface area (TPSA) is 101 Å². The van der Waals surface area contributed by atoms with Crippen molar-refractivity contribution in [3.63, 3.8) is 0 Å². The average Bonchev–Trinajstić information content (AvgIpc) is 2.87. The quantitative estimate of drug-likeness (QED) is 0.466. The number of para-hydroxylation sites is 1. The van der Waals surface area contributed by atoms with E-state index in [0.717, 1.165) is 5.69 Å². The molecule has 0 bridgehead atoms. The second-order valence-corrected chi connectivity index (χ2v) is 5.59. The Morgan fingerprint density at radius 2 is 1.96 bits per heavy atom. The van der Waals surface area contributed by atoms with Gasteiger partial charge in [-0.25, -0.2) is 0 Å². The molecule has 1 atom stereocenters. The molecule has 2 aromatic carbocycles. The minimum atomic E-state index is -0.936. The molecule has 25 heavy (non-hydrogen) atoms. The van der Waals surface area contributed by atoms with E-state index in [2.05, 4.69) is 15.2 Å². The number of nitrogens with zero attached hydrogens (tertiary/aromatic N) is 5. The van der Waals surface area contributed by atoms with E-state index in [4.69, 9.17) is 11.6 Å². The van der Waals surface area contributed by atoms with Gasteiger partial charge in [0, 0.05) is 17.8 Å². The van der Waals surface area contributed by atoms with E-state index in [1.54, 1.807) is 11.8 Å². The summed E-state index contributed by atoms with van der Waals surface area (Å²) in [5.74, 6) is 0.0677. The Morgan fingerprint density at radius 3 is 2.60 bits per heavy atom. The summed E-state index contributed by atoms with van der Waals surface area (Å²) in [5, 5.41) is 18.8. The summed E-state index contributed by atoms with van der Waals surface area (Å²) in [5.41, 5.74) is 0.844. The van der Waals surface area contributed by atoms with Gasteiger partial charge in [-0.2, -0.15) is 15.2 Å². The molecule has 1 aliphatic rings. The zero-order valence-corrected chi connectivity index (χ0v) is 13.8. The van der Waals surface area contributed by atoms with Crippen molar-refractivity contribution >= 4 is 40.4 Å². The number of benzene rings is 2. The molecule has 126 valence electrons. The van der Waals surface area contributed by atoms with Gasteiger partial charge in [0.25, 0.3) is 11.6 Å². The molecule has 0 aromatic heterocycles. The van der Waals surface area contributed by atoms with Crippen molar-refractivity contribution in [2.45, 2.75) is 13.1 Å². The first-order valence-electron chi connectivity index (χ1n) is 7.25. The van der Waals surface area contributed by atoms with Crippen LogP contribution in [0.4, 0.5) is 17.1 Å². The largest absolute Gasteiger partial charge is 0.297 e. The summed E-state index contributed by atoms with van der Waals surface area (Å²) >= 11 is 5.99. The van der Waals surface area contributed by atoms with Crippen LogP contribution in [0, 0.1) is 10.1 Å². The summed E-state index contributed by atoms with van der Waals surface area (Å²) in [7, 11) is 0. The van der Waals surface area contributed by atoms with E-state index in [1.807, 2.05) is 30.3 Å². The minimum absolute atomic E-state index is 0.0762. The van der Waals surface area contributed by atoms with E-state index < -0.39 is 17.0 Å². The van der Waals surface area contributed by atoms with Crippen LogP contribution < -0.4 is 4.90 Å². The Morgan fingerprint density at radius 1 is 1.24 bits per heavy atom. The second kappa shape index (κ2) is 6.78. The lowest BCUT2D eigenvalue weighted by atomic mass is 10.2. The number of anilines is 1. The Labute approximate surface area is 147 Å². The van der Waals surface area contributed by atoms with Crippen molar-refractivity contribution in [2.75, 3.05) is 4.90 Å². The monoisotopic (exact) mass is 357 g/mol. The van der Waals surface area contributed by atoms with Gasteiger partial charge in [0.1, 0.15) is 11.5 Å². The van der Waals surface area contributed by atoms with Crippen LogP contribution in [0.1, 0.15) is 6.92 Å². The van der Waals surface area contributed by atoms with Crippen molar-refractivity contribution in [3.8, 4) is 0 Å². The van der Waals surface area contributed by atoms with Crippen molar-refractivity contribution in [2.24, 2.45) is 15.2 Å². The number of carbonyl (C=O) groups is 1. The minimum Gasteiger partial charge on any atom is -0.297 e. The third kappa shape index (κ3) is 3.38. The maximum absolute atomic E-state index is 12.1. The van der Waals surface area contributed by atoms with Crippen molar-refractivity contribution < 1.29 is 9.72 Å². The van der Waals surface area contributed by atoms with Crippen LogP contribution in [0.5, 0.6) is 0 Å². The molecule has 8 nitrogen and oxygen atoms in total. The van der Waals surface area contributed by atoms with E-state index in [0.29, 0.717) is 5.84 Å². The summed E-state index contributed by atoms with van der Waals surface area (Å²) < 4.78 is 0. The van der Waals surface area contributed by atoms with Gasteiger partial charge in [0.2, 0.25) is 6.17 Å². The van der Waals surface area contributed by atoms with Crippen LogP contribution in [-0.4, -0.2) is 22.8 Å². The molecule has 1 heterocycles. The molecule has 1 amide bonds. The maximum atomic E-state index is 12.1. The SMILES string of the molecule is CC1=NC(=O)[C@H](N=Nc2ccc([N+](=O)[O-])cc2Cl)N1c1ccccc1. The van der Waals surface area contributed by atoms with Crippen molar-refractivity contribution in [1.29, 1.82) is 0 Å². The summed E-state index contributed by atoms with van der Waals surface area (Å²) in [4.78, 5) is 27.9. The first-order valence-corrected chi connectivity index (χ1v) is 7.63. The van der Waals surface area contributed by atoms with E-state index in [-0.39, 0.29) is 16.4 Å². The fourth-order valence-electron chi connectivity index (χ4n) is 2.38. The molecule has 3 rings (SSSR count). The maximum Gasteiger partial charge on any atom is 0.295 e. The Hall–Kier alpha value is -3.13. The summed E-state index contributed by atoms with van der Waals surface area (Å²) in [6.45, 7) is 1.71. The summed E-state index contributed by atoms with van der Waals surface area (Å²) in [6.07, 6.45) is -0.936. The average molecular weight is 358 g/mol. The van der Waals surface area contributed by atoms with Crippen LogP contribution in [0.3, 0.4) is 0 Å². The number of carbonyl (C=O) groups excluding carboxylic acids is 1. The molecule has 0 saturated carbocycles. The third-order valence-electron chi connectivity index (χ3n) is 3.54. The molecular weight excluding hydrogens is 346 g/mol. The van der Waals surface area contributed by atoms with Gasteiger partial charge in [-0.3, -0.25) is 19.8 Å². The lowest BCUT2D eigenvalue weighted by Crippen LogP contribution is -2.35. The first kappa shape index (κ1) is 16.7. The smallest absolute Gasteiger partial charge is 0.295 e. The number of halogens is 1. The molecule has 0 saturated heterocycles. The van der Waals surface area contributed by atoms with E-state index in [1.165, 1.54) is 18.2 Å². The van der Waals surface area contributed by atoms with Gasteiger partial charge in [-0.1, -0.05) is 29.8 Å². The lowest BCUT2D eigenvalue weighted by Gasteiger charge is -2.21. The number of hydrogen-bond acceptors (Lipinski definition) is 6. The lowest BCUT2D eigenvalue weighted by molar-refractivity contribution is -0.384. The standard InChI is InChI=1S/C16H12ClN5O3/c1-10-18-16(23)15(21(10)11-5-3-2-4-6-11)20-19-14-8-7-12(22(24)25)9-13(14)17/h2-9,15H,1H3/t15-/m1/s1. The molecule has 0 spiro atoms. The molecule has 0 N–H and O–H groups in total. The number of hydrogen-bond donors (Lipinski definition) is 0. The van der Waals surface area contributed by atoms with Crippen LogP contribution in [0.2, 0.25) is 5.02 Å². The normalized spacial score (nSPS) is 17.2. The van der Waals surface area contributed by atoms with Gasteiger partial charge in [-0.15, -0.1) is 0 Å². The highest BCUT2D eigenvalue weighted by atomic mass is 35.5. The molecule has 1 aliphatic heterocycles. The first-order chi connectivity index (χ1) is 12.0. The zero-order chi connectivity index (χ0) is 18.0. The molecule has 2 aromatic rings. The molecule has 0 unspecified atom stereocenters. The van der Waals surface area contributed by atoms with Gasteiger partial charge in [0.15, 0.2) is 0 Å². The van der Waals surface area contributed by atoms with Gasteiger partial charge >= 0.3 is 0 Å². The number of amidine groups is 1. The fourth-order valence-corrected chi connectivity index (χ4v) is 2.60. The number of amides is 1. The van der Waals surface area contributed by atoms with Crippen molar-refractivity contribution in [3.05, 3.63) is 63.7 Å². The van der Waals surface area contributed by atoms with Gasteiger partial charge in [-0.05, 0) is 25.1 Å². The predicted molar refractivity (Wildman–Crippen MR) is 93.4 cm³/mol. The predicted octanol–water partition coefficient (Wildman–Crippen LogP) is 4.12. The Balaban J connectivity index is 1.89. The van der Waals surface area contributed by atoms with Crippen LogP contribution in [0.25, 0.3) is 0 Å². The molecule has 9 heteroatoms. The molecule has 0 radical (unpaired) electrons. The molecular formula is C16H12ClN5O3. The number of azo groups is 1. The third-order valence-corrected chi connectivity index (χ3v) is 3.84. The highest BCUT2D eigenvalue weighted by molar-refractivity contribution is 6.33. The Bertz CT molecular complexity index is 898. The number of aliphatic imine (C=N–C) groups is 1. The van der Waals surface area contributed by atoms with Gasteiger partial charge in [0.05, 0.1) is 9.95 Å². The number of nitro groups is 1. The summed E-state index contributed by atoms with van der Waals surface area (Å²) in [6, 6.07) is 13.0. The van der Waals surface area contributed by atoms with Crippen LogP contribution >= 0.6 is 11.6 Å². The number of rotatable bonds is 4. The number of nitro benzene ring substituents is 1. The molecule has 0 aliphatic carbocycles. The van der Waals surface area contributed by atoms with Gasteiger partial charge < -0.3 is 0 Å². The molecule has 0 fully saturated rings. The van der Waals surface area contributed by atoms with Crippen LogP contribution in [0.15, 0.2) is 63.8 Å². The second-order valence-electron chi connectivity index (χ2n) is 5.18. The van der Waals surface area contributed by atoms with E-state index >= 15 is 0 Å². The zero-order valence-electron chi connectivity index (χ0n) is 13.0. The highest BCUT2D eigenvalue weighted by Crippen LogP contribution is 2.30. The number of non-ortho nitro benzene ring substituents is 1. The van der Waals surface area contributed by atoms with E-state index in [9.17, 15) is 14.9 Å². The van der Waals surface area contributed by atoms with Crippen LogP contribution in [-0.2, 0) is 4.79 Å². The Kier molecular flexibility index (Phi) is 4.53. The fraction of sp³-hybridized carbons (Fsp3) is 0.125. The van der Waals surface area contributed by atoms with Crippen molar-refractivity contribution in [1.82, 2.24) is 0 Å². The highest BCUT2D eigenvalue weighted by Gasteiger charge is 2.34.